The predicted octanol–water partition coefficient (Wildman–Crippen LogP) is 2.27. The van der Waals surface area contributed by atoms with Crippen molar-refractivity contribution in [2.75, 3.05) is 39.4 Å². The summed E-state index contributed by atoms with van der Waals surface area (Å²) in [6, 6.07) is 0.731. The third-order valence-corrected chi connectivity index (χ3v) is 4.51. The minimum atomic E-state index is 0.731. The average molecular weight is 254 g/mol. The Morgan fingerprint density at radius 3 is 2.83 bits per heavy atom. The third kappa shape index (κ3) is 4.87. The molecule has 0 amide bonds. The van der Waals surface area contributed by atoms with Crippen LogP contribution in [0.25, 0.3) is 0 Å². The van der Waals surface area contributed by atoms with Crippen LogP contribution in [0.15, 0.2) is 0 Å². The molecule has 0 spiro atoms. The van der Waals surface area contributed by atoms with Gasteiger partial charge in [-0.05, 0) is 38.1 Å². The number of unbranched alkanes of at least 4 members (excludes halogenated alkanes) is 1. The lowest BCUT2D eigenvalue weighted by atomic mass is 9.94. The summed E-state index contributed by atoms with van der Waals surface area (Å²) >= 11 is 0. The lowest BCUT2D eigenvalue weighted by Gasteiger charge is -2.33. The van der Waals surface area contributed by atoms with E-state index in [1.807, 2.05) is 0 Å². The van der Waals surface area contributed by atoms with Gasteiger partial charge in [-0.1, -0.05) is 19.8 Å². The first-order chi connectivity index (χ1) is 8.88. The Balaban J connectivity index is 1.52. The zero-order valence-electron chi connectivity index (χ0n) is 12.0. The molecule has 1 atom stereocenters. The molecule has 106 valence electrons. The van der Waals surface area contributed by atoms with Crippen LogP contribution in [-0.2, 0) is 4.74 Å². The van der Waals surface area contributed by atoms with Gasteiger partial charge in [-0.3, -0.25) is 0 Å². The molecule has 0 aromatic carbocycles. The van der Waals surface area contributed by atoms with Crippen LogP contribution >= 0.6 is 0 Å². The molecule has 2 aliphatic rings. The molecule has 0 bridgehead atoms. The van der Waals surface area contributed by atoms with E-state index in [2.05, 4.69) is 17.1 Å². The van der Waals surface area contributed by atoms with Gasteiger partial charge < -0.3 is 15.0 Å². The molecule has 0 aliphatic carbocycles. The first kappa shape index (κ1) is 14.3. The van der Waals surface area contributed by atoms with Crippen LogP contribution in [0.5, 0.6) is 0 Å². The summed E-state index contributed by atoms with van der Waals surface area (Å²) in [7, 11) is 0. The van der Waals surface area contributed by atoms with Crippen molar-refractivity contribution in [3.05, 3.63) is 0 Å². The van der Waals surface area contributed by atoms with Crippen molar-refractivity contribution >= 4 is 0 Å². The molecule has 2 rings (SSSR count). The molecule has 0 saturated carbocycles. The summed E-state index contributed by atoms with van der Waals surface area (Å²) in [5.41, 5.74) is 0. The summed E-state index contributed by atoms with van der Waals surface area (Å²) in [4.78, 5) is 2.65. The molecule has 18 heavy (non-hydrogen) atoms. The van der Waals surface area contributed by atoms with Crippen LogP contribution in [0.3, 0.4) is 0 Å². The van der Waals surface area contributed by atoms with Gasteiger partial charge in [0.2, 0.25) is 0 Å². The van der Waals surface area contributed by atoms with Crippen molar-refractivity contribution in [2.45, 2.75) is 51.5 Å². The number of ether oxygens (including phenoxy) is 1. The fourth-order valence-corrected chi connectivity index (χ4v) is 3.17. The van der Waals surface area contributed by atoms with Gasteiger partial charge in [-0.15, -0.1) is 0 Å². The maximum Gasteiger partial charge on any atom is 0.0468 e. The summed E-state index contributed by atoms with van der Waals surface area (Å²) in [6.07, 6.45) is 8.07. The standard InChI is InChI=1S/C15H30N2O/c1-2-15-13-17(10-8-16-15)9-4-3-5-14-6-11-18-12-7-14/h14-16H,2-13H2,1H3. The van der Waals surface area contributed by atoms with Crippen molar-refractivity contribution in [1.29, 1.82) is 0 Å². The van der Waals surface area contributed by atoms with Gasteiger partial charge in [0.1, 0.15) is 0 Å². The third-order valence-electron chi connectivity index (χ3n) is 4.51. The second kappa shape index (κ2) is 8.13. The van der Waals surface area contributed by atoms with Crippen molar-refractivity contribution < 1.29 is 4.74 Å². The van der Waals surface area contributed by atoms with Crippen molar-refractivity contribution in [3.63, 3.8) is 0 Å². The SMILES string of the molecule is CCC1CN(CCCCC2CCOCC2)CCN1. The van der Waals surface area contributed by atoms with Gasteiger partial charge in [0.25, 0.3) is 0 Å². The Labute approximate surface area is 112 Å². The smallest absolute Gasteiger partial charge is 0.0468 e. The maximum absolute atomic E-state index is 5.41. The molecule has 2 saturated heterocycles. The van der Waals surface area contributed by atoms with Gasteiger partial charge in [0.15, 0.2) is 0 Å². The van der Waals surface area contributed by atoms with Crippen LogP contribution in [0.1, 0.15) is 45.4 Å². The fraction of sp³-hybridized carbons (Fsp3) is 1.00. The first-order valence-electron chi connectivity index (χ1n) is 7.92. The summed E-state index contributed by atoms with van der Waals surface area (Å²) in [5.74, 6) is 0.949. The second-order valence-electron chi connectivity index (χ2n) is 5.91. The summed E-state index contributed by atoms with van der Waals surface area (Å²) in [5, 5.41) is 3.59. The Hall–Kier alpha value is -0.120. The Kier molecular flexibility index (Phi) is 6.46. The lowest BCUT2D eigenvalue weighted by molar-refractivity contribution is 0.0627. The van der Waals surface area contributed by atoms with Crippen molar-refractivity contribution in [2.24, 2.45) is 5.92 Å². The van der Waals surface area contributed by atoms with E-state index in [-0.39, 0.29) is 0 Å². The number of piperazine rings is 1. The monoisotopic (exact) mass is 254 g/mol. The molecule has 1 unspecified atom stereocenters. The highest BCUT2D eigenvalue weighted by atomic mass is 16.5. The normalized spacial score (nSPS) is 27.5. The number of nitrogens with one attached hydrogen (secondary N) is 1. The van der Waals surface area contributed by atoms with Gasteiger partial charge in [0.05, 0.1) is 0 Å². The molecule has 2 aliphatic heterocycles. The Bertz CT molecular complexity index is 217. The molecule has 3 heteroatoms. The largest absolute Gasteiger partial charge is 0.381 e. The number of hydrogen-bond donors (Lipinski definition) is 1. The van der Waals surface area contributed by atoms with Crippen LogP contribution < -0.4 is 5.32 Å². The summed E-state index contributed by atoms with van der Waals surface area (Å²) < 4.78 is 5.41. The highest BCUT2D eigenvalue weighted by Crippen LogP contribution is 2.20. The van der Waals surface area contributed by atoms with E-state index in [1.165, 1.54) is 64.7 Å². The molecule has 2 fully saturated rings. The molecular weight excluding hydrogens is 224 g/mol. The van der Waals surface area contributed by atoms with Crippen LogP contribution in [0.4, 0.5) is 0 Å². The minimum Gasteiger partial charge on any atom is -0.381 e. The zero-order chi connectivity index (χ0) is 12.6. The molecular formula is C15H30N2O. The van der Waals surface area contributed by atoms with Crippen LogP contribution in [-0.4, -0.2) is 50.3 Å². The number of rotatable bonds is 6. The van der Waals surface area contributed by atoms with E-state index < -0.39 is 0 Å². The molecule has 0 aromatic rings. The van der Waals surface area contributed by atoms with E-state index in [9.17, 15) is 0 Å². The van der Waals surface area contributed by atoms with Gasteiger partial charge in [0, 0.05) is 38.9 Å². The van der Waals surface area contributed by atoms with Crippen molar-refractivity contribution in [1.82, 2.24) is 10.2 Å². The average Bonchev–Trinajstić information content (AvgIpc) is 2.45. The van der Waals surface area contributed by atoms with E-state index in [0.29, 0.717) is 0 Å². The van der Waals surface area contributed by atoms with Gasteiger partial charge in [-0.25, -0.2) is 0 Å². The van der Waals surface area contributed by atoms with Gasteiger partial charge >= 0.3 is 0 Å². The number of hydrogen-bond acceptors (Lipinski definition) is 3. The Morgan fingerprint density at radius 1 is 1.22 bits per heavy atom. The predicted molar refractivity (Wildman–Crippen MR) is 75.9 cm³/mol. The zero-order valence-corrected chi connectivity index (χ0v) is 12.0. The minimum absolute atomic E-state index is 0.731. The second-order valence-corrected chi connectivity index (χ2v) is 5.91. The van der Waals surface area contributed by atoms with Crippen LogP contribution in [0.2, 0.25) is 0 Å². The van der Waals surface area contributed by atoms with E-state index in [1.54, 1.807) is 0 Å². The van der Waals surface area contributed by atoms with Crippen LogP contribution in [0, 0.1) is 5.92 Å². The van der Waals surface area contributed by atoms with Crippen molar-refractivity contribution in [3.8, 4) is 0 Å². The Morgan fingerprint density at radius 2 is 2.06 bits per heavy atom. The van der Waals surface area contributed by atoms with E-state index in [4.69, 9.17) is 4.74 Å². The topological polar surface area (TPSA) is 24.5 Å². The van der Waals surface area contributed by atoms with Gasteiger partial charge in [-0.2, -0.15) is 0 Å². The molecule has 2 heterocycles. The quantitative estimate of drug-likeness (QED) is 0.736. The molecule has 3 nitrogen and oxygen atoms in total. The summed E-state index contributed by atoms with van der Waals surface area (Å²) in [6.45, 7) is 9.27. The fourth-order valence-electron chi connectivity index (χ4n) is 3.17. The molecule has 1 N–H and O–H groups in total. The number of nitrogens with zero attached hydrogens (tertiary/aromatic N) is 1. The molecule has 0 radical (unpaired) electrons. The highest BCUT2D eigenvalue weighted by molar-refractivity contribution is 4.77. The molecule has 0 aromatic heterocycles. The lowest BCUT2D eigenvalue weighted by Crippen LogP contribution is -2.50. The first-order valence-corrected chi connectivity index (χ1v) is 7.92. The maximum atomic E-state index is 5.41. The highest BCUT2D eigenvalue weighted by Gasteiger charge is 2.17. The van der Waals surface area contributed by atoms with E-state index in [0.717, 1.165) is 25.2 Å². The van der Waals surface area contributed by atoms with E-state index >= 15 is 0 Å².